The summed E-state index contributed by atoms with van der Waals surface area (Å²) < 4.78 is 15.6. The Bertz CT molecular complexity index is 1580. The largest absolute Gasteiger partial charge is 0.346 e. The summed E-state index contributed by atoms with van der Waals surface area (Å²) in [5.74, 6) is 1.43. The molecule has 1 aliphatic carbocycles. The van der Waals surface area contributed by atoms with Crippen LogP contribution in [0.4, 0.5) is 4.39 Å². The fourth-order valence-corrected chi connectivity index (χ4v) is 8.91. The van der Waals surface area contributed by atoms with Crippen molar-refractivity contribution in [3.8, 4) is 11.3 Å². The smallest absolute Gasteiger partial charge is 0.240 e. The lowest BCUT2D eigenvalue weighted by molar-refractivity contribution is -0.134. The van der Waals surface area contributed by atoms with Crippen molar-refractivity contribution in [3.63, 3.8) is 0 Å². The van der Waals surface area contributed by atoms with E-state index in [1.165, 1.54) is 43.0 Å². The number of amides is 1. The summed E-state index contributed by atoms with van der Waals surface area (Å²) in [6.07, 6.45) is 5.20. The molecule has 38 heavy (non-hydrogen) atoms. The third-order valence-electron chi connectivity index (χ3n) is 9.47. The first kappa shape index (κ1) is 24.3. The number of aromatic nitrogens is 4. The van der Waals surface area contributed by atoms with Gasteiger partial charge in [0.25, 0.3) is 0 Å². The number of nitrogens with zero attached hydrogens (tertiary/aromatic N) is 4. The van der Waals surface area contributed by atoms with Gasteiger partial charge in [-0.05, 0) is 67.7 Å². The molecule has 2 bridgehead atoms. The minimum atomic E-state index is -0.904. The minimum absolute atomic E-state index is 0.104. The second-order valence-electron chi connectivity index (χ2n) is 12.0. The molecule has 7 rings (SSSR count). The predicted octanol–water partition coefficient (Wildman–Crippen LogP) is 5.39. The second-order valence-corrected chi connectivity index (χ2v) is 13.0. The van der Waals surface area contributed by atoms with Gasteiger partial charge in [0.1, 0.15) is 17.3 Å². The Labute approximate surface area is 225 Å². The Kier molecular flexibility index (Phi) is 5.50. The zero-order chi connectivity index (χ0) is 26.5. The van der Waals surface area contributed by atoms with Gasteiger partial charge in [-0.2, -0.15) is 5.10 Å². The van der Waals surface area contributed by atoms with Crippen LogP contribution in [-0.4, -0.2) is 61.7 Å². The number of H-pyrrole nitrogens is 1. The molecule has 2 saturated heterocycles. The number of pyridine rings is 1. The molecule has 0 aromatic carbocycles. The van der Waals surface area contributed by atoms with Crippen molar-refractivity contribution in [2.24, 2.45) is 5.92 Å². The van der Waals surface area contributed by atoms with Crippen LogP contribution in [0, 0.1) is 26.7 Å². The number of piperidine rings is 1. The van der Waals surface area contributed by atoms with Gasteiger partial charge in [0, 0.05) is 53.5 Å². The lowest BCUT2D eigenvalue weighted by Gasteiger charge is -2.33. The van der Waals surface area contributed by atoms with E-state index < -0.39 is 6.17 Å². The topological polar surface area (TPSA) is 78.3 Å². The van der Waals surface area contributed by atoms with Crippen molar-refractivity contribution >= 4 is 33.1 Å². The standard InChI is InChI=1S/C29H35FN6OS/c1-13(2)23-24-16(5)26(20-8-19-6-17(20)10-35(19)29(37)22-7-18(30)9-31-22)38-28(24)34-25(23)21-11-36-27(32-12-33-36)15(4)14(21)3/h11-13,17-20,22,31,34H,6-10H2,1-5H3/t17-,18+,19?,20+,22-/m0/s1. The maximum absolute atomic E-state index is 13.7. The summed E-state index contributed by atoms with van der Waals surface area (Å²) in [6, 6.07) is -0.0711. The van der Waals surface area contributed by atoms with Gasteiger partial charge < -0.3 is 15.2 Å². The van der Waals surface area contributed by atoms with Gasteiger partial charge in [0.05, 0.1) is 11.7 Å². The first-order chi connectivity index (χ1) is 18.2. The molecule has 6 heterocycles. The Morgan fingerprint density at radius 3 is 2.66 bits per heavy atom. The van der Waals surface area contributed by atoms with E-state index in [9.17, 15) is 9.18 Å². The van der Waals surface area contributed by atoms with Crippen molar-refractivity contribution in [1.29, 1.82) is 0 Å². The quantitative estimate of drug-likeness (QED) is 0.368. The lowest BCUT2D eigenvalue weighted by atomic mass is 9.88. The van der Waals surface area contributed by atoms with Crippen molar-refractivity contribution in [2.45, 2.75) is 84.0 Å². The van der Waals surface area contributed by atoms with E-state index in [0.717, 1.165) is 30.6 Å². The molecule has 4 aromatic heterocycles. The third kappa shape index (κ3) is 3.43. The normalized spacial score (nSPS) is 27.1. The SMILES string of the molecule is Cc1c(-c2[nH]c3sc([C@@H]4CC5C[C@H]4CN5C(=O)[C@@H]4C[C@@H](F)CN4)c(C)c3c2C(C)C)cn2ncnc2c1C. The molecule has 1 saturated carbocycles. The molecule has 1 unspecified atom stereocenters. The molecule has 0 spiro atoms. The third-order valence-corrected chi connectivity index (χ3v) is 10.8. The van der Waals surface area contributed by atoms with Crippen molar-refractivity contribution in [3.05, 3.63) is 39.7 Å². The molecule has 4 aromatic rings. The molecule has 7 nitrogen and oxygen atoms in total. The highest BCUT2D eigenvalue weighted by Crippen LogP contribution is 2.53. The van der Waals surface area contributed by atoms with Gasteiger partial charge in [0.2, 0.25) is 5.91 Å². The number of aromatic amines is 1. The molecule has 2 aliphatic heterocycles. The number of fused-ring (bicyclic) bond motifs is 4. The van der Waals surface area contributed by atoms with Gasteiger partial charge in [-0.25, -0.2) is 13.9 Å². The van der Waals surface area contributed by atoms with E-state index in [0.29, 0.717) is 30.7 Å². The number of likely N-dealkylation sites (tertiary alicyclic amines) is 1. The Balaban J connectivity index is 1.23. The van der Waals surface area contributed by atoms with Crippen LogP contribution < -0.4 is 5.32 Å². The average Bonchev–Trinajstić information content (AvgIpc) is 3.71. The van der Waals surface area contributed by atoms with Crippen LogP contribution in [0.25, 0.3) is 27.1 Å². The van der Waals surface area contributed by atoms with Crippen molar-refractivity contribution in [2.75, 3.05) is 13.1 Å². The van der Waals surface area contributed by atoms with Gasteiger partial charge >= 0.3 is 0 Å². The average molecular weight is 535 g/mol. The fourth-order valence-electron chi connectivity index (χ4n) is 7.47. The summed E-state index contributed by atoms with van der Waals surface area (Å²) in [5, 5.41) is 8.87. The van der Waals surface area contributed by atoms with Gasteiger partial charge in [-0.15, -0.1) is 11.3 Å². The molecular formula is C29H35FN6OS. The highest BCUT2D eigenvalue weighted by atomic mass is 32.1. The van der Waals surface area contributed by atoms with E-state index in [2.05, 4.69) is 66.1 Å². The van der Waals surface area contributed by atoms with E-state index in [-0.39, 0.29) is 18.0 Å². The maximum atomic E-state index is 13.7. The summed E-state index contributed by atoms with van der Waals surface area (Å²) >= 11 is 1.90. The predicted molar refractivity (Wildman–Crippen MR) is 149 cm³/mol. The van der Waals surface area contributed by atoms with Crippen LogP contribution in [0.2, 0.25) is 0 Å². The van der Waals surface area contributed by atoms with Crippen LogP contribution >= 0.6 is 11.3 Å². The van der Waals surface area contributed by atoms with Crippen LogP contribution in [-0.2, 0) is 4.79 Å². The Hall–Kier alpha value is -2.78. The summed E-state index contributed by atoms with van der Waals surface area (Å²) in [4.78, 5) is 26.1. The first-order valence-electron chi connectivity index (χ1n) is 13.9. The zero-order valence-corrected chi connectivity index (χ0v) is 23.5. The number of thiophene rings is 1. The zero-order valence-electron chi connectivity index (χ0n) is 22.6. The van der Waals surface area contributed by atoms with E-state index in [1.807, 2.05) is 15.9 Å². The number of halogens is 1. The summed E-state index contributed by atoms with van der Waals surface area (Å²) in [5.41, 5.74) is 8.41. The number of carbonyl (C=O) groups is 1. The van der Waals surface area contributed by atoms with Crippen molar-refractivity contribution in [1.82, 2.24) is 29.8 Å². The fraction of sp³-hybridized carbons (Fsp3) is 0.552. The van der Waals surface area contributed by atoms with E-state index in [4.69, 9.17) is 0 Å². The van der Waals surface area contributed by atoms with Crippen LogP contribution in [0.1, 0.15) is 72.1 Å². The van der Waals surface area contributed by atoms with E-state index >= 15 is 0 Å². The maximum Gasteiger partial charge on any atom is 0.240 e. The second kappa shape index (κ2) is 8.61. The van der Waals surface area contributed by atoms with Gasteiger partial charge in [-0.1, -0.05) is 13.8 Å². The van der Waals surface area contributed by atoms with Crippen LogP contribution in [0.3, 0.4) is 0 Å². The molecule has 3 fully saturated rings. The lowest BCUT2D eigenvalue weighted by Crippen LogP contribution is -2.47. The van der Waals surface area contributed by atoms with Gasteiger partial charge in [-0.3, -0.25) is 4.79 Å². The molecule has 3 aliphatic rings. The molecule has 200 valence electrons. The number of aryl methyl sites for hydroxylation is 2. The Morgan fingerprint density at radius 1 is 1.16 bits per heavy atom. The minimum Gasteiger partial charge on any atom is -0.346 e. The van der Waals surface area contributed by atoms with Crippen LogP contribution in [0.5, 0.6) is 0 Å². The van der Waals surface area contributed by atoms with E-state index in [1.54, 1.807) is 6.33 Å². The molecule has 9 heteroatoms. The number of hydrogen-bond acceptors (Lipinski definition) is 5. The van der Waals surface area contributed by atoms with Crippen molar-refractivity contribution < 1.29 is 9.18 Å². The molecule has 0 radical (unpaired) electrons. The van der Waals surface area contributed by atoms with Crippen LogP contribution in [0.15, 0.2) is 12.5 Å². The summed E-state index contributed by atoms with van der Waals surface area (Å²) in [7, 11) is 0. The number of nitrogens with one attached hydrogen (secondary N) is 2. The monoisotopic (exact) mass is 534 g/mol. The number of alkyl halides is 1. The first-order valence-corrected chi connectivity index (χ1v) is 14.7. The van der Waals surface area contributed by atoms with Gasteiger partial charge in [0.15, 0.2) is 5.65 Å². The number of carbonyl (C=O) groups excluding carboxylic acids is 1. The molecule has 1 amide bonds. The number of hydrogen-bond donors (Lipinski definition) is 2. The summed E-state index contributed by atoms with van der Waals surface area (Å²) in [6.45, 7) is 12.2. The highest BCUT2D eigenvalue weighted by Gasteiger charge is 2.49. The highest BCUT2D eigenvalue weighted by molar-refractivity contribution is 7.19. The molecule has 5 atom stereocenters. The molecular weight excluding hydrogens is 499 g/mol. The number of rotatable bonds is 4. The Morgan fingerprint density at radius 2 is 1.97 bits per heavy atom. The molecule has 2 N–H and O–H groups in total.